The number of halogens is 6. The molecule has 4 aromatic rings. The molecular formula is C29H23Cl2F4N3O2. The third-order valence-electron chi connectivity index (χ3n) is 7.13. The molecule has 0 saturated carbocycles. The number of likely N-dealkylation sites (tertiary alicyclic amines) is 1. The first-order chi connectivity index (χ1) is 19.0. The maximum atomic E-state index is 14.2. The lowest BCUT2D eigenvalue weighted by atomic mass is 9.93. The second kappa shape index (κ2) is 11.2. The molecule has 2 atom stereocenters. The summed E-state index contributed by atoms with van der Waals surface area (Å²) in [5.41, 5.74) is 1.21. The molecule has 0 N–H and O–H groups in total. The van der Waals surface area contributed by atoms with E-state index in [0.717, 1.165) is 23.3 Å². The molecule has 3 aromatic carbocycles. The van der Waals surface area contributed by atoms with Crippen LogP contribution in [0.1, 0.15) is 33.0 Å². The molecule has 5 rings (SSSR count). The average molecular weight is 592 g/mol. The minimum Gasteiger partial charge on any atom is -0.444 e. The van der Waals surface area contributed by atoms with Gasteiger partial charge in [-0.05, 0) is 54.6 Å². The van der Waals surface area contributed by atoms with Crippen molar-refractivity contribution in [1.29, 1.82) is 0 Å². The number of hydrogen-bond acceptors (Lipinski definition) is 4. The Labute approximate surface area is 237 Å². The standard InChI is InChI=1S/C29H23Cl2F4N3O2/c1-37(13-17-2-8-22(25(32)10-17)29(33,34)35)26-15-38(14-21(26)20-7-9-23(30)24(31)11-20)28(39)19-5-3-18(4-6-19)27-12-36-16-40-27/h2-12,16,21,26H,13-15H2,1H3/t21-,26+/m1/s1. The molecule has 11 heteroatoms. The number of benzene rings is 3. The van der Waals surface area contributed by atoms with Gasteiger partial charge in [0.15, 0.2) is 12.2 Å². The van der Waals surface area contributed by atoms with Crippen LogP contribution in [-0.2, 0) is 12.7 Å². The summed E-state index contributed by atoms with van der Waals surface area (Å²) in [4.78, 5) is 21.1. The zero-order chi connectivity index (χ0) is 28.6. The summed E-state index contributed by atoms with van der Waals surface area (Å²) < 4.78 is 58.6. The van der Waals surface area contributed by atoms with Crippen LogP contribution in [0.5, 0.6) is 0 Å². The Bertz CT molecular complexity index is 1510. The number of aromatic nitrogens is 1. The van der Waals surface area contributed by atoms with Crippen LogP contribution in [0.2, 0.25) is 10.0 Å². The molecule has 0 spiro atoms. The van der Waals surface area contributed by atoms with Crippen molar-refractivity contribution in [3.63, 3.8) is 0 Å². The van der Waals surface area contributed by atoms with Crippen LogP contribution in [0.3, 0.4) is 0 Å². The van der Waals surface area contributed by atoms with Crippen molar-refractivity contribution in [2.45, 2.75) is 24.7 Å². The summed E-state index contributed by atoms with van der Waals surface area (Å²) >= 11 is 12.4. The fraction of sp³-hybridized carbons (Fsp3) is 0.241. The van der Waals surface area contributed by atoms with Crippen LogP contribution in [0.4, 0.5) is 17.6 Å². The maximum absolute atomic E-state index is 14.2. The van der Waals surface area contributed by atoms with Crippen LogP contribution in [0.25, 0.3) is 11.3 Å². The third-order valence-corrected chi connectivity index (χ3v) is 7.87. The minimum absolute atomic E-state index is 0.172. The number of rotatable bonds is 6. The lowest BCUT2D eigenvalue weighted by Crippen LogP contribution is -2.38. The highest BCUT2D eigenvalue weighted by Gasteiger charge is 2.39. The van der Waals surface area contributed by atoms with Crippen molar-refractivity contribution < 1.29 is 26.8 Å². The fourth-order valence-electron chi connectivity index (χ4n) is 5.08. The van der Waals surface area contributed by atoms with Crippen LogP contribution in [0.15, 0.2) is 77.7 Å². The summed E-state index contributed by atoms with van der Waals surface area (Å²) in [6.07, 6.45) is -1.85. The van der Waals surface area contributed by atoms with Gasteiger partial charge in [0.1, 0.15) is 5.82 Å². The van der Waals surface area contributed by atoms with E-state index < -0.39 is 17.6 Å². The first-order valence-electron chi connectivity index (χ1n) is 12.3. The molecule has 1 aromatic heterocycles. The smallest absolute Gasteiger partial charge is 0.419 e. The topological polar surface area (TPSA) is 49.6 Å². The normalized spacial score (nSPS) is 17.6. The molecule has 1 aliphatic rings. The number of nitrogens with zero attached hydrogens (tertiary/aromatic N) is 3. The number of alkyl halides is 3. The molecule has 2 heterocycles. The van der Waals surface area contributed by atoms with Gasteiger partial charge in [0.2, 0.25) is 0 Å². The minimum atomic E-state index is -4.77. The number of carbonyl (C=O) groups excluding carboxylic acids is 1. The number of hydrogen-bond donors (Lipinski definition) is 0. The highest BCUT2D eigenvalue weighted by Crippen LogP contribution is 2.36. The van der Waals surface area contributed by atoms with E-state index in [1.54, 1.807) is 54.5 Å². The Morgan fingerprint density at radius 3 is 2.42 bits per heavy atom. The van der Waals surface area contributed by atoms with E-state index in [-0.39, 0.29) is 24.4 Å². The van der Waals surface area contributed by atoms with Gasteiger partial charge in [-0.1, -0.05) is 47.5 Å². The molecule has 1 amide bonds. The van der Waals surface area contributed by atoms with Gasteiger partial charge < -0.3 is 9.32 Å². The highest BCUT2D eigenvalue weighted by atomic mass is 35.5. The molecule has 0 aliphatic carbocycles. The van der Waals surface area contributed by atoms with Crippen molar-refractivity contribution in [3.05, 3.63) is 111 Å². The number of amides is 1. The van der Waals surface area contributed by atoms with E-state index >= 15 is 0 Å². The molecule has 0 unspecified atom stereocenters. The maximum Gasteiger partial charge on any atom is 0.419 e. The van der Waals surface area contributed by atoms with Crippen molar-refractivity contribution in [1.82, 2.24) is 14.8 Å². The molecule has 0 bridgehead atoms. The number of likely N-dealkylation sites (N-methyl/N-ethyl adjacent to an activating group) is 1. The first kappa shape index (κ1) is 28.1. The van der Waals surface area contributed by atoms with Crippen molar-refractivity contribution >= 4 is 29.1 Å². The molecular weight excluding hydrogens is 569 g/mol. The van der Waals surface area contributed by atoms with Crippen LogP contribution in [-0.4, -0.2) is 46.9 Å². The van der Waals surface area contributed by atoms with Crippen molar-refractivity contribution in [2.24, 2.45) is 0 Å². The van der Waals surface area contributed by atoms with E-state index in [4.69, 9.17) is 27.6 Å². The molecule has 5 nitrogen and oxygen atoms in total. The number of carbonyl (C=O) groups is 1. The molecule has 40 heavy (non-hydrogen) atoms. The first-order valence-corrected chi connectivity index (χ1v) is 13.1. The van der Waals surface area contributed by atoms with Gasteiger partial charge in [-0.15, -0.1) is 0 Å². The second-order valence-corrected chi connectivity index (χ2v) is 10.5. The molecule has 1 saturated heterocycles. The lowest BCUT2D eigenvalue weighted by Gasteiger charge is -2.29. The molecule has 1 aliphatic heterocycles. The summed E-state index contributed by atoms with van der Waals surface area (Å²) in [5.74, 6) is -1.10. The Morgan fingerprint density at radius 2 is 1.80 bits per heavy atom. The summed E-state index contributed by atoms with van der Waals surface area (Å²) in [6, 6.07) is 15.0. The summed E-state index contributed by atoms with van der Waals surface area (Å²) in [5, 5.41) is 0.770. The largest absolute Gasteiger partial charge is 0.444 e. The third kappa shape index (κ3) is 5.87. The Kier molecular flexibility index (Phi) is 7.90. The molecule has 208 valence electrons. The average Bonchev–Trinajstić information content (AvgIpc) is 3.60. The van der Waals surface area contributed by atoms with Crippen LogP contribution < -0.4 is 0 Å². The summed E-state index contributed by atoms with van der Waals surface area (Å²) in [6.45, 7) is 0.885. The molecule has 1 fully saturated rings. The lowest BCUT2D eigenvalue weighted by molar-refractivity contribution is -0.140. The predicted octanol–water partition coefficient (Wildman–Crippen LogP) is 7.55. The van der Waals surface area contributed by atoms with Crippen molar-refractivity contribution in [3.8, 4) is 11.3 Å². The van der Waals surface area contributed by atoms with Gasteiger partial charge in [-0.25, -0.2) is 9.37 Å². The summed E-state index contributed by atoms with van der Waals surface area (Å²) in [7, 11) is 1.80. The zero-order valence-electron chi connectivity index (χ0n) is 21.1. The highest BCUT2D eigenvalue weighted by molar-refractivity contribution is 6.42. The second-order valence-electron chi connectivity index (χ2n) is 9.73. The molecule has 0 radical (unpaired) electrons. The van der Waals surface area contributed by atoms with E-state index in [9.17, 15) is 22.4 Å². The fourth-order valence-corrected chi connectivity index (χ4v) is 5.39. The van der Waals surface area contributed by atoms with Crippen molar-refractivity contribution in [2.75, 3.05) is 20.1 Å². The van der Waals surface area contributed by atoms with Crippen LogP contribution in [0, 0.1) is 5.82 Å². The van der Waals surface area contributed by atoms with E-state index in [1.807, 2.05) is 11.0 Å². The van der Waals surface area contributed by atoms with Gasteiger partial charge in [0.05, 0.1) is 21.8 Å². The van der Waals surface area contributed by atoms with Gasteiger partial charge in [0.25, 0.3) is 5.91 Å². The predicted molar refractivity (Wildman–Crippen MR) is 144 cm³/mol. The Balaban J connectivity index is 1.39. The van der Waals surface area contributed by atoms with Gasteiger partial charge in [-0.2, -0.15) is 13.2 Å². The van der Waals surface area contributed by atoms with E-state index in [0.29, 0.717) is 40.0 Å². The zero-order valence-corrected chi connectivity index (χ0v) is 22.6. The quantitative estimate of drug-likeness (QED) is 0.217. The SMILES string of the molecule is CN(Cc1ccc(C(F)(F)F)c(F)c1)[C@H]1CN(C(=O)c2ccc(-c3cnco3)cc2)C[C@@H]1c1ccc(Cl)c(Cl)c1. The van der Waals surface area contributed by atoms with Gasteiger partial charge >= 0.3 is 6.18 Å². The van der Waals surface area contributed by atoms with Crippen LogP contribution >= 0.6 is 23.2 Å². The van der Waals surface area contributed by atoms with E-state index in [1.165, 1.54) is 12.5 Å². The van der Waals surface area contributed by atoms with Gasteiger partial charge in [0, 0.05) is 42.7 Å². The Hall–Kier alpha value is -3.40. The number of oxazole rings is 1. The van der Waals surface area contributed by atoms with E-state index in [2.05, 4.69) is 4.98 Å². The Morgan fingerprint density at radius 1 is 1.05 bits per heavy atom. The van der Waals surface area contributed by atoms with Gasteiger partial charge in [-0.3, -0.25) is 9.69 Å². The monoisotopic (exact) mass is 591 g/mol.